The third kappa shape index (κ3) is 2.65. The van der Waals surface area contributed by atoms with Crippen LogP contribution < -0.4 is 0 Å². The molecule has 1 aromatic rings. The predicted molar refractivity (Wildman–Crippen MR) is 69.5 cm³/mol. The number of aliphatic hydroxyl groups excluding tert-OH is 1. The summed E-state index contributed by atoms with van der Waals surface area (Å²) in [7, 11) is 0. The minimum atomic E-state index is -0.545. The van der Waals surface area contributed by atoms with Crippen molar-refractivity contribution in [2.75, 3.05) is 0 Å². The van der Waals surface area contributed by atoms with E-state index in [0.29, 0.717) is 0 Å². The second-order valence-corrected chi connectivity index (χ2v) is 5.37. The van der Waals surface area contributed by atoms with Gasteiger partial charge >= 0.3 is 0 Å². The Morgan fingerprint density at radius 3 is 2.59 bits per heavy atom. The number of halogens is 1. The molecule has 0 bridgehead atoms. The van der Waals surface area contributed by atoms with Gasteiger partial charge in [0.05, 0.1) is 12.2 Å². The molecule has 3 heteroatoms. The van der Waals surface area contributed by atoms with E-state index in [-0.39, 0.29) is 12.2 Å². The van der Waals surface area contributed by atoms with E-state index in [1.165, 1.54) is 0 Å². The van der Waals surface area contributed by atoms with Crippen LogP contribution in [0.2, 0.25) is 5.02 Å². The normalized spacial score (nSPS) is 26.2. The standard InChI is InChI=1S/C14H19ClO2/c1-8-7-12(15)9(2)6-11(8)14(16)13-5-4-10(3)17-13/h6-7,10,13-14,16H,4-5H2,1-3H3. The molecule has 2 nitrogen and oxygen atoms in total. The van der Waals surface area contributed by atoms with Gasteiger partial charge in [0.15, 0.2) is 0 Å². The van der Waals surface area contributed by atoms with Crippen molar-refractivity contribution in [3.8, 4) is 0 Å². The first-order valence-corrected chi connectivity index (χ1v) is 6.47. The van der Waals surface area contributed by atoms with Gasteiger partial charge in [-0.1, -0.05) is 17.7 Å². The summed E-state index contributed by atoms with van der Waals surface area (Å²) >= 11 is 6.06. The molecule has 1 aliphatic heterocycles. The zero-order valence-corrected chi connectivity index (χ0v) is 11.3. The molecular formula is C14H19ClO2. The van der Waals surface area contributed by atoms with E-state index in [1.54, 1.807) is 0 Å². The fraction of sp³-hybridized carbons (Fsp3) is 0.571. The summed E-state index contributed by atoms with van der Waals surface area (Å²) in [6, 6.07) is 3.88. The molecule has 1 aromatic carbocycles. The van der Waals surface area contributed by atoms with Crippen LogP contribution in [0, 0.1) is 13.8 Å². The monoisotopic (exact) mass is 254 g/mol. The Morgan fingerprint density at radius 1 is 1.29 bits per heavy atom. The number of aliphatic hydroxyl groups is 1. The smallest absolute Gasteiger partial charge is 0.105 e. The SMILES string of the molecule is Cc1cc(C(O)C2CCC(C)O2)c(C)cc1Cl. The summed E-state index contributed by atoms with van der Waals surface area (Å²) in [6.45, 7) is 5.98. The molecule has 2 rings (SSSR count). The molecule has 3 atom stereocenters. The van der Waals surface area contributed by atoms with E-state index >= 15 is 0 Å². The van der Waals surface area contributed by atoms with Gasteiger partial charge in [-0.05, 0) is 56.4 Å². The highest BCUT2D eigenvalue weighted by molar-refractivity contribution is 6.31. The zero-order chi connectivity index (χ0) is 12.6. The van der Waals surface area contributed by atoms with Crippen molar-refractivity contribution >= 4 is 11.6 Å². The lowest BCUT2D eigenvalue weighted by atomic mass is 9.96. The third-order valence-electron chi connectivity index (χ3n) is 3.48. The second kappa shape index (κ2) is 4.97. The Hall–Kier alpha value is -0.570. The van der Waals surface area contributed by atoms with Gasteiger partial charge < -0.3 is 9.84 Å². The van der Waals surface area contributed by atoms with Crippen LogP contribution in [0.1, 0.15) is 42.6 Å². The van der Waals surface area contributed by atoms with Gasteiger partial charge in [-0.2, -0.15) is 0 Å². The van der Waals surface area contributed by atoms with Crippen molar-refractivity contribution < 1.29 is 9.84 Å². The van der Waals surface area contributed by atoms with Crippen molar-refractivity contribution in [3.63, 3.8) is 0 Å². The molecule has 0 radical (unpaired) electrons. The minimum Gasteiger partial charge on any atom is -0.386 e. The summed E-state index contributed by atoms with van der Waals surface area (Å²) in [5.74, 6) is 0. The largest absolute Gasteiger partial charge is 0.386 e. The highest BCUT2D eigenvalue weighted by atomic mass is 35.5. The van der Waals surface area contributed by atoms with Gasteiger partial charge in [-0.15, -0.1) is 0 Å². The maximum absolute atomic E-state index is 10.4. The van der Waals surface area contributed by atoms with Gasteiger partial charge in [0.2, 0.25) is 0 Å². The highest BCUT2D eigenvalue weighted by Crippen LogP contribution is 2.33. The van der Waals surface area contributed by atoms with Crippen molar-refractivity contribution in [1.82, 2.24) is 0 Å². The molecule has 0 saturated carbocycles. The molecule has 3 unspecified atom stereocenters. The molecule has 1 N–H and O–H groups in total. The lowest BCUT2D eigenvalue weighted by Gasteiger charge is -2.21. The van der Waals surface area contributed by atoms with E-state index in [4.69, 9.17) is 16.3 Å². The Bertz CT molecular complexity index is 417. The summed E-state index contributed by atoms with van der Waals surface area (Å²) < 4.78 is 5.72. The maximum Gasteiger partial charge on any atom is 0.105 e. The van der Waals surface area contributed by atoms with Gasteiger partial charge in [0, 0.05) is 5.02 Å². The average Bonchev–Trinajstić information content (AvgIpc) is 2.69. The number of hydrogen-bond acceptors (Lipinski definition) is 2. The van der Waals surface area contributed by atoms with Crippen molar-refractivity contribution in [2.45, 2.75) is 51.9 Å². The topological polar surface area (TPSA) is 29.5 Å². The average molecular weight is 255 g/mol. The quantitative estimate of drug-likeness (QED) is 0.875. The molecule has 0 aliphatic carbocycles. The summed E-state index contributed by atoms with van der Waals surface area (Å²) in [4.78, 5) is 0. The van der Waals surface area contributed by atoms with Crippen LogP contribution in [0.25, 0.3) is 0 Å². The van der Waals surface area contributed by atoms with Crippen LogP contribution in [0.4, 0.5) is 0 Å². The van der Waals surface area contributed by atoms with E-state index in [0.717, 1.165) is 34.6 Å². The van der Waals surface area contributed by atoms with Crippen molar-refractivity contribution in [2.24, 2.45) is 0 Å². The van der Waals surface area contributed by atoms with E-state index in [9.17, 15) is 5.11 Å². The third-order valence-corrected chi connectivity index (χ3v) is 3.89. The zero-order valence-electron chi connectivity index (χ0n) is 10.5. The number of rotatable bonds is 2. The number of aryl methyl sites for hydroxylation is 2. The summed E-state index contributed by atoms with van der Waals surface area (Å²) in [5.41, 5.74) is 2.96. The van der Waals surface area contributed by atoms with Crippen LogP contribution >= 0.6 is 11.6 Å². The summed E-state index contributed by atoms with van der Waals surface area (Å²) in [6.07, 6.45) is 1.57. The molecule has 0 spiro atoms. The Labute approximate surface area is 108 Å². The highest BCUT2D eigenvalue weighted by Gasteiger charge is 2.30. The van der Waals surface area contributed by atoms with E-state index in [1.807, 2.05) is 32.9 Å². The lowest BCUT2D eigenvalue weighted by Crippen LogP contribution is -2.19. The molecule has 1 heterocycles. The molecule has 0 aromatic heterocycles. The molecular weight excluding hydrogens is 236 g/mol. The van der Waals surface area contributed by atoms with Crippen LogP contribution in [0.3, 0.4) is 0 Å². The van der Waals surface area contributed by atoms with Crippen LogP contribution in [0.5, 0.6) is 0 Å². The van der Waals surface area contributed by atoms with Crippen LogP contribution in [0.15, 0.2) is 12.1 Å². The molecule has 1 saturated heterocycles. The number of hydrogen-bond donors (Lipinski definition) is 1. The van der Waals surface area contributed by atoms with Gasteiger partial charge in [0.1, 0.15) is 6.10 Å². The minimum absolute atomic E-state index is 0.0794. The Balaban J connectivity index is 2.24. The van der Waals surface area contributed by atoms with Crippen LogP contribution in [-0.4, -0.2) is 17.3 Å². The number of benzene rings is 1. The molecule has 0 amide bonds. The first kappa shape index (κ1) is 12.9. The Morgan fingerprint density at radius 2 is 2.00 bits per heavy atom. The van der Waals surface area contributed by atoms with Crippen molar-refractivity contribution in [1.29, 1.82) is 0 Å². The molecule has 94 valence electrons. The number of ether oxygens (including phenoxy) is 1. The maximum atomic E-state index is 10.4. The fourth-order valence-electron chi connectivity index (χ4n) is 2.39. The molecule has 1 fully saturated rings. The predicted octanol–water partition coefficient (Wildman–Crippen LogP) is 3.56. The first-order chi connectivity index (χ1) is 7.99. The molecule has 17 heavy (non-hydrogen) atoms. The van der Waals surface area contributed by atoms with Gasteiger partial charge in [-0.3, -0.25) is 0 Å². The summed E-state index contributed by atoms with van der Waals surface area (Å²) in [5, 5.41) is 11.1. The van der Waals surface area contributed by atoms with Crippen LogP contribution in [-0.2, 0) is 4.74 Å². The Kier molecular flexibility index (Phi) is 3.76. The van der Waals surface area contributed by atoms with E-state index < -0.39 is 6.10 Å². The first-order valence-electron chi connectivity index (χ1n) is 6.09. The van der Waals surface area contributed by atoms with Gasteiger partial charge in [-0.25, -0.2) is 0 Å². The van der Waals surface area contributed by atoms with Gasteiger partial charge in [0.25, 0.3) is 0 Å². The van der Waals surface area contributed by atoms with Crippen molar-refractivity contribution in [3.05, 3.63) is 33.8 Å². The second-order valence-electron chi connectivity index (χ2n) is 4.97. The fourth-order valence-corrected chi connectivity index (χ4v) is 2.61. The molecule has 1 aliphatic rings. The lowest BCUT2D eigenvalue weighted by molar-refractivity contribution is -0.0300. The van der Waals surface area contributed by atoms with E-state index in [2.05, 4.69) is 0 Å².